The van der Waals surface area contributed by atoms with Crippen molar-refractivity contribution < 1.29 is 14.3 Å². The standard InChI is InChI=1S/C17H31NO3/c1-3-21-16(19)17(13-9-8-12-15(17)20-2)18-14-10-6-4-5-7-11-14/h14-15,18H,3-13H2,1-2H3. The van der Waals surface area contributed by atoms with Gasteiger partial charge in [0.1, 0.15) is 5.54 Å². The van der Waals surface area contributed by atoms with Gasteiger partial charge in [0.2, 0.25) is 0 Å². The van der Waals surface area contributed by atoms with Gasteiger partial charge in [-0.2, -0.15) is 0 Å². The van der Waals surface area contributed by atoms with Gasteiger partial charge in [-0.25, -0.2) is 4.79 Å². The van der Waals surface area contributed by atoms with Crippen LogP contribution in [0.1, 0.15) is 71.1 Å². The molecule has 0 aromatic rings. The lowest BCUT2D eigenvalue weighted by atomic mass is 9.78. The second kappa shape index (κ2) is 8.14. The van der Waals surface area contributed by atoms with Gasteiger partial charge in [-0.05, 0) is 32.6 Å². The maximum absolute atomic E-state index is 12.7. The molecule has 2 rings (SSSR count). The van der Waals surface area contributed by atoms with Crippen LogP contribution in [0.15, 0.2) is 0 Å². The van der Waals surface area contributed by atoms with Gasteiger partial charge in [0.25, 0.3) is 0 Å². The molecule has 0 heterocycles. The predicted octanol–water partition coefficient (Wildman–Crippen LogP) is 3.19. The van der Waals surface area contributed by atoms with Crippen LogP contribution in [-0.2, 0) is 14.3 Å². The third kappa shape index (κ3) is 3.98. The van der Waals surface area contributed by atoms with E-state index in [1.54, 1.807) is 7.11 Å². The van der Waals surface area contributed by atoms with Crippen LogP contribution in [0.2, 0.25) is 0 Å². The summed E-state index contributed by atoms with van der Waals surface area (Å²) in [6.45, 7) is 2.31. The second-order valence-corrected chi connectivity index (χ2v) is 6.49. The Morgan fingerprint density at radius 1 is 1.10 bits per heavy atom. The molecular weight excluding hydrogens is 266 g/mol. The second-order valence-electron chi connectivity index (χ2n) is 6.49. The van der Waals surface area contributed by atoms with E-state index in [1.807, 2.05) is 6.92 Å². The van der Waals surface area contributed by atoms with Crippen LogP contribution in [0, 0.1) is 0 Å². The zero-order valence-electron chi connectivity index (χ0n) is 13.7. The largest absolute Gasteiger partial charge is 0.465 e. The van der Waals surface area contributed by atoms with Crippen molar-refractivity contribution in [2.24, 2.45) is 0 Å². The lowest BCUT2D eigenvalue weighted by molar-refractivity contribution is -0.161. The number of hydrogen-bond donors (Lipinski definition) is 1. The van der Waals surface area contributed by atoms with Gasteiger partial charge < -0.3 is 9.47 Å². The Morgan fingerprint density at radius 3 is 2.38 bits per heavy atom. The normalized spacial score (nSPS) is 31.6. The van der Waals surface area contributed by atoms with E-state index in [2.05, 4.69) is 5.32 Å². The Labute approximate surface area is 129 Å². The average Bonchev–Trinajstić information content (AvgIpc) is 2.76. The molecule has 1 N–H and O–H groups in total. The summed E-state index contributed by atoms with van der Waals surface area (Å²) >= 11 is 0. The minimum absolute atomic E-state index is 0.0615. The quantitative estimate of drug-likeness (QED) is 0.625. The number of nitrogens with one attached hydrogen (secondary N) is 1. The molecule has 4 nitrogen and oxygen atoms in total. The van der Waals surface area contributed by atoms with E-state index in [0.29, 0.717) is 12.6 Å². The maximum Gasteiger partial charge on any atom is 0.329 e. The van der Waals surface area contributed by atoms with Crippen molar-refractivity contribution in [1.29, 1.82) is 0 Å². The van der Waals surface area contributed by atoms with Gasteiger partial charge in [-0.1, -0.05) is 38.5 Å². The van der Waals surface area contributed by atoms with Crippen LogP contribution >= 0.6 is 0 Å². The first-order valence-electron chi connectivity index (χ1n) is 8.70. The molecule has 2 saturated carbocycles. The minimum Gasteiger partial charge on any atom is -0.465 e. The Bertz CT molecular complexity index is 326. The van der Waals surface area contributed by atoms with Crippen molar-refractivity contribution >= 4 is 5.97 Å². The molecule has 0 aromatic carbocycles. The van der Waals surface area contributed by atoms with Gasteiger partial charge in [0.05, 0.1) is 12.7 Å². The average molecular weight is 297 g/mol. The molecule has 2 aliphatic carbocycles. The third-order valence-electron chi connectivity index (χ3n) is 5.08. The number of rotatable bonds is 5. The lowest BCUT2D eigenvalue weighted by Crippen LogP contribution is -2.65. The van der Waals surface area contributed by atoms with Crippen LogP contribution in [-0.4, -0.2) is 37.4 Å². The zero-order valence-corrected chi connectivity index (χ0v) is 13.7. The van der Waals surface area contributed by atoms with Crippen LogP contribution < -0.4 is 5.32 Å². The number of carbonyl (C=O) groups excluding carboxylic acids is 1. The fourth-order valence-corrected chi connectivity index (χ4v) is 3.97. The highest BCUT2D eigenvalue weighted by molar-refractivity contribution is 5.82. The molecule has 122 valence electrons. The van der Waals surface area contributed by atoms with E-state index in [9.17, 15) is 4.79 Å². The molecule has 0 saturated heterocycles. The first-order chi connectivity index (χ1) is 10.2. The van der Waals surface area contributed by atoms with Crippen molar-refractivity contribution in [3.63, 3.8) is 0 Å². The third-order valence-corrected chi connectivity index (χ3v) is 5.08. The van der Waals surface area contributed by atoms with E-state index < -0.39 is 5.54 Å². The summed E-state index contributed by atoms with van der Waals surface area (Å²) in [7, 11) is 1.72. The minimum atomic E-state index is -0.627. The number of ether oxygens (including phenoxy) is 2. The highest BCUT2D eigenvalue weighted by Gasteiger charge is 2.49. The van der Waals surface area contributed by atoms with E-state index in [-0.39, 0.29) is 12.1 Å². The smallest absolute Gasteiger partial charge is 0.329 e. The molecule has 0 amide bonds. The van der Waals surface area contributed by atoms with Gasteiger partial charge in [-0.3, -0.25) is 5.32 Å². The predicted molar refractivity (Wildman–Crippen MR) is 83.3 cm³/mol. The van der Waals surface area contributed by atoms with E-state index in [4.69, 9.17) is 9.47 Å². The Morgan fingerprint density at radius 2 is 1.76 bits per heavy atom. The monoisotopic (exact) mass is 297 g/mol. The first-order valence-corrected chi connectivity index (χ1v) is 8.70. The molecule has 21 heavy (non-hydrogen) atoms. The van der Waals surface area contributed by atoms with Crippen molar-refractivity contribution in [3.8, 4) is 0 Å². The molecule has 0 spiro atoms. The summed E-state index contributed by atoms with van der Waals surface area (Å²) in [5, 5.41) is 3.70. The topological polar surface area (TPSA) is 47.6 Å². The fraction of sp³-hybridized carbons (Fsp3) is 0.941. The SMILES string of the molecule is CCOC(=O)C1(NC2CCCCCC2)CCCCC1OC. The number of carbonyl (C=O) groups is 1. The first kappa shape index (κ1) is 16.8. The maximum atomic E-state index is 12.7. The van der Waals surface area contributed by atoms with Crippen molar-refractivity contribution in [2.45, 2.75) is 88.8 Å². The summed E-state index contributed by atoms with van der Waals surface area (Å²) in [5.41, 5.74) is -0.627. The van der Waals surface area contributed by atoms with Gasteiger partial charge >= 0.3 is 5.97 Å². The fourth-order valence-electron chi connectivity index (χ4n) is 3.97. The van der Waals surface area contributed by atoms with Crippen LogP contribution in [0.3, 0.4) is 0 Å². The van der Waals surface area contributed by atoms with E-state index >= 15 is 0 Å². The lowest BCUT2D eigenvalue weighted by Gasteiger charge is -2.43. The molecule has 0 bridgehead atoms. The summed E-state index contributed by atoms with van der Waals surface area (Å²) in [5.74, 6) is -0.110. The summed E-state index contributed by atoms with van der Waals surface area (Å²) in [4.78, 5) is 12.7. The van der Waals surface area contributed by atoms with Gasteiger partial charge in [0.15, 0.2) is 0 Å². The zero-order chi connectivity index (χ0) is 15.1. The van der Waals surface area contributed by atoms with Crippen molar-refractivity contribution in [1.82, 2.24) is 5.32 Å². The molecule has 4 heteroatoms. The van der Waals surface area contributed by atoms with Gasteiger partial charge in [0, 0.05) is 13.2 Å². The van der Waals surface area contributed by atoms with Crippen LogP contribution in [0.4, 0.5) is 0 Å². The highest BCUT2D eigenvalue weighted by atomic mass is 16.5. The number of methoxy groups -OCH3 is 1. The molecule has 2 aliphatic rings. The number of esters is 1. The van der Waals surface area contributed by atoms with Crippen LogP contribution in [0.5, 0.6) is 0 Å². The molecule has 2 unspecified atom stereocenters. The molecule has 2 fully saturated rings. The Kier molecular flexibility index (Phi) is 6.49. The number of hydrogen-bond acceptors (Lipinski definition) is 4. The molecular formula is C17H31NO3. The molecule has 0 radical (unpaired) electrons. The van der Waals surface area contributed by atoms with E-state index in [1.165, 1.54) is 25.7 Å². The highest BCUT2D eigenvalue weighted by Crippen LogP contribution is 2.34. The van der Waals surface area contributed by atoms with Crippen molar-refractivity contribution in [3.05, 3.63) is 0 Å². The van der Waals surface area contributed by atoms with Gasteiger partial charge in [-0.15, -0.1) is 0 Å². The molecule has 2 atom stereocenters. The molecule has 0 aromatic heterocycles. The molecule has 0 aliphatic heterocycles. The Balaban J connectivity index is 2.15. The summed E-state index contributed by atoms with van der Waals surface area (Å²) in [6, 6.07) is 0.424. The Hall–Kier alpha value is -0.610. The summed E-state index contributed by atoms with van der Waals surface area (Å²) < 4.78 is 11.1. The van der Waals surface area contributed by atoms with Crippen LogP contribution in [0.25, 0.3) is 0 Å². The summed E-state index contributed by atoms with van der Waals surface area (Å²) in [6.07, 6.45) is 11.4. The van der Waals surface area contributed by atoms with E-state index in [0.717, 1.165) is 38.5 Å². The van der Waals surface area contributed by atoms with Crippen molar-refractivity contribution in [2.75, 3.05) is 13.7 Å².